The smallest absolute Gasteiger partial charge is 0.253 e. The number of carbonyl (C=O) groups excluding carboxylic acids is 1. The third-order valence-electron chi connectivity index (χ3n) is 6.44. The Balaban J connectivity index is 1.73. The highest BCUT2D eigenvalue weighted by Gasteiger charge is 2.55. The minimum Gasteiger partial charge on any atom is -0.343 e. The van der Waals surface area contributed by atoms with E-state index in [0.29, 0.717) is 16.6 Å². The summed E-state index contributed by atoms with van der Waals surface area (Å²) in [6, 6.07) is 11.0. The van der Waals surface area contributed by atoms with Crippen molar-refractivity contribution in [3.05, 3.63) is 64.4 Å². The van der Waals surface area contributed by atoms with E-state index in [1.54, 1.807) is 12.4 Å². The van der Waals surface area contributed by atoms with Gasteiger partial charge in [0, 0.05) is 24.0 Å². The van der Waals surface area contributed by atoms with Crippen LogP contribution in [0.4, 0.5) is 0 Å². The third-order valence-corrected chi connectivity index (χ3v) is 6.72. The van der Waals surface area contributed by atoms with Crippen molar-refractivity contribution in [2.24, 2.45) is 0 Å². The molecule has 27 heavy (non-hydrogen) atoms. The first-order valence-corrected chi connectivity index (χ1v) is 10.2. The summed E-state index contributed by atoms with van der Waals surface area (Å²) in [6.45, 7) is 5.12. The van der Waals surface area contributed by atoms with Gasteiger partial charge in [0.15, 0.2) is 0 Å². The number of hydrogen-bond donors (Lipinski definition) is 1. The van der Waals surface area contributed by atoms with Crippen LogP contribution in [0.2, 0.25) is 5.02 Å². The van der Waals surface area contributed by atoms with Crippen LogP contribution >= 0.6 is 11.6 Å². The molecule has 2 bridgehead atoms. The molecule has 1 N–H and O–H groups in total. The third kappa shape index (κ3) is 3.05. The number of benzene rings is 1. The summed E-state index contributed by atoms with van der Waals surface area (Å²) in [5.41, 5.74) is 2.48. The molecule has 142 valence electrons. The first kappa shape index (κ1) is 18.5. The SMILES string of the molecule is CCN1C2CCC1(C(NC(=O)c1c(C)cncc1Cl)c1ccccc1)CC2. The number of nitrogens with one attached hydrogen (secondary N) is 1. The van der Waals surface area contributed by atoms with Crippen molar-refractivity contribution in [3.63, 3.8) is 0 Å². The Morgan fingerprint density at radius 2 is 2.00 bits per heavy atom. The van der Waals surface area contributed by atoms with Crippen molar-refractivity contribution in [1.29, 1.82) is 0 Å². The van der Waals surface area contributed by atoms with Gasteiger partial charge < -0.3 is 5.32 Å². The molecular formula is C22H26ClN3O. The summed E-state index contributed by atoms with van der Waals surface area (Å²) in [6.07, 6.45) is 7.89. The molecule has 2 fully saturated rings. The van der Waals surface area contributed by atoms with E-state index in [2.05, 4.69) is 34.3 Å². The lowest BCUT2D eigenvalue weighted by atomic mass is 9.78. The molecule has 2 aromatic rings. The van der Waals surface area contributed by atoms with Crippen LogP contribution in [0.3, 0.4) is 0 Å². The van der Waals surface area contributed by atoms with Gasteiger partial charge in [-0.1, -0.05) is 48.9 Å². The molecule has 1 atom stereocenters. The van der Waals surface area contributed by atoms with Crippen molar-refractivity contribution >= 4 is 17.5 Å². The number of hydrogen-bond acceptors (Lipinski definition) is 3. The first-order valence-electron chi connectivity index (χ1n) is 9.79. The standard InChI is InChI=1S/C22H26ClN3O/c1-3-26-17-9-11-22(26,12-10-17)20(16-7-5-4-6-8-16)25-21(27)19-15(2)13-24-14-18(19)23/h4-8,13-14,17,20H,3,9-12H2,1-2H3,(H,25,27). The second-order valence-corrected chi connectivity index (χ2v) is 8.16. The fraction of sp³-hybridized carbons (Fsp3) is 0.455. The van der Waals surface area contributed by atoms with E-state index in [-0.39, 0.29) is 17.5 Å². The lowest BCUT2D eigenvalue weighted by Gasteiger charge is -2.42. The van der Waals surface area contributed by atoms with Gasteiger partial charge in [0.05, 0.1) is 16.6 Å². The number of aryl methyl sites for hydroxylation is 1. The van der Waals surface area contributed by atoms with E-state index in [9.17, 15) is 4.79 Å². The zero-order valence-corrected chi connectivity index (χ0v) is 16.7. The van der Waals surface area contributed by atoms with Gasteiger partial charge in [-0.05, 0) is 50.3 Å². The number of nitrogens with zero attached hydrogens (tertiary/aromatic N) is 2. The van der Waals surface area contributed by atoms with Gasteiger partial charge in [-0.15, -0.1) is 0 Å². The average molecular weight is 384 g/mol. The molecule has 5 heteroatoms. The number of rotatable bonds is 5. The summed E-state index contributed by atoms with van der Waals surface area (Å²) < 4.78 is 0. The van der Waals surface area contributed by atoms with Crippen LogP contribution in [0, 0.1) is 6.92 Å². The molecule has 2 saturated heterocycles. The largest absolute Gasteiger partial charge is 0.343 e. The summed E-state index contributed by atoms with van der Waals surface area (Å²) in [5, 5.41) is 3.77. The molecule has 4 rings (SSSR count). The van der Waals surface area contributed by atoms with E-state index in [1.165, 1.54) is 12.8 Å². The molecule has 2 aliphatic heterocycles. The molecule has 1 aromatic heterocycles. The van der Waals surface area contributed by atoms with Gasteiger partial charge in [-0.2, -0.15) is 0 Å². The highest BCUT2D eigenvalue weighted by Crippen LogP contribution is 2.52. The lowest BCUT2D eigenvalue weighted by molar-refractivity contribution is 0.0796. The van der Waals surface area contributed by atoms with Crippen molar-refractivity contribution < 1.29 is 4.79 Å². The summed E-state index contributed by atoms with van der Waals surface area (Å²) in [7, 11) is 0. The Morgan fingerprint density at radius 3 is 2.63 bits per heavy atom. The van der Waals surface area contributed by atoms with Crippen molar-refractivity contribution in [2.45, 2.75) is 57.2 Å². The molecule has 1 amide bonds. The van der Waals surface area contributed by atoms with Crippen LogP contribution in [0.15, 0.2) is 42.7 Å². The number of fused-ring (bicyclic) bond motifs is 2. The summed E-state index contributed by atoms with van der Waals surface area (Å²) in [4.78, 5) is 20.0. The highest BCUT2D eigenvalue weighted by molar-refractivity contribution is 6.33. The number of amides is 1. The zero-order valence-electron chi connectivity index (χ0n) is 15.9. The zero-order chi connectivity index (χ0) is 19.0. The quantitative estimate of drug-likeness (QED) is 0.824. The van der Waals surface area contributed by atoms with Gasteiger partial charge in [0.1, 0.15) is 0 Å². The minimum absolute atomic E-state index is 0.0101. The van der Waals surface area contributed by atoms with E-state index in [4.69, 9.17) is 11.6 Å². The van der Waals surface area contributed by atoms with E-state index < -0.39 is 0 Å². The number of halogens is 1. The van der Waals surface area contributed by atoms with Gasteiger partial charge in [0.25, 0.3) is 5.91 Å². The number of pyridine rings is 1. The van der Waals surface area contributed by atoms with Gasteiger partial charge in [-0.25, -0.2) is 0 Å². The average Bonchev–Trinajstić information content (AvgIpc) is 3.22. The summed E-state index contributed by atoms with van der Waals surface area (Å²) in [5.74, 6) is -0.116. The first-order chi connectivity index (χ1) is 13.1. The van der Waals surface area contributed by atoms with Crippen LogP contribution in [-0.4, -0.2) is 33.9 Å². The van der Waals surface area contributed by atoms with Crippen LogP contribution in [0.25, 0.3) is 0 Å². The predicted octanol–water partition coefficient (Wildman–Crippen LogP) is 4.53. The highest BCUT2D eigenvalue weighted by atomic mass is 35.5. The second kappa shape index (κ2) is 7.25. The van der Waals surface area contributed by atoms with E-state index >= 15 is 0 Å². The second-order valence-electron chi connectivity index (χ2n) is 7.75. The van der Waals surface area contributed by atoms with Crippen molar-refractivity contribution in [3.8, 4) is 0 Å². The monoisotopic (exact) mass is 383 g/mol. The van der Waals surface area contributed by atoms with Crippen LogP contribution in [-0.2, 0) is 0 Å². The maximum absolute atomic E-state index is 13.3. The minimum atomic E-state index is -0.116. The normalized spacial score (nSPS) is 25.5. The van der Waals surface area contributed by atoms with Gasteiger partial charge in [0.2, 0.25) is 0 Å². The van der Waals surface area contributed by atoms with Gasteiger partial charge in [-0.3, -0.25) is 14.7 Å². The number of carbonyl (C=O) groups is 1. The molecule has 4 nitrogen and oxygen atoms in total. The van der Waals surface area contributed by atoms with Crippen molar-refractivity contribution in [2.75, 3.05) is 6.54 Å². The lowest BCUT2D eigenvalue weighted by Crippen LogP contribution is -2.52. The Morgan fingerprint density at radius 1 is 1.30 bits per heavy atom. The molecule has 0 aliphatic carbocycles. The molecule has 1 unspecified atom stereocenters. The summed E-state index contributed by atoms with van der Waals surface area (Å²) >= 11 is 6.31. The Bertz CT molecular complexity index is 810. The van der Waals surface area contributed by atoms with Crippen LogP contribution in [0.5, 0.6) is 0 Å². The maximum atomic E-state index is 13.3. The van der Waals surface area contributed by atoms with Crippen LogP contribution < -0.4 is 5.32 Å². The molecule has 0 spiro atoms. The van der Waals surface area contributed by atoms with Gasteiger partial charge >= 0.3 is 0 Å². The Labute approximate surface area is 165 Å². The molecule has 1 aromatic carbocycles. The molecular weight excluding hydrogens is 358 g/mol. The van der Waals surface area contributed by atoms with E-state index in [1.807, 2.05) is 25.1 Å². The van der Waals surface area contributed by atoms with Crippen LogP contribution in [0.1, 0.15) is 60.1 Å². The molecule has 2 aliphatic rings. The fourth-order valence-corrected chi connectivity index (χ4v) is 5.58. The maximum Gasteiger partial charge on any atom is 0.253 e. The Kier molecular flexibility index (Phi) is 4.95. The topological polar surface area (TPSA) is 45.2 Å². The number of likely N-dealkylation sites (N-methyl/N-ethyl adjacent to an activating group) is 1. The molecule has 0 radical (unpaired) electrons. The Hall–Kier alpha value is -1.91. The predicted molar refractivity (Wildman–Crippen MR) is 108 cm³/mol. The number of aromatic nitrogens is 1. The molecule has 0 saturated carbocycles. The van der Waals surface area contributed by atoms with Crippen molar-refractivity contribution in [1.82, 2.24) is 15.2 Å². The fourth-order valence-electron chi connectivity index (χ4n) is 5.29. The molecule has 3 heterocycles. The van der Waals surface area contributed by atoms with E-state index in [0.717, 1.165) is 30.5 Å².